The third kappa shape index (κ3) is 1.69. The van der Waals surface area contributed by atoms with Gasteiger partial charge in [-0.1, -0.05) is 0 Å². The van der Waals surface area contributed by atoms with Gasteiger partial charge in [0, 0.05) is 0 Å². The zero-order valence-electron chi connectivity index (χ0n) is 6.94. The normalized spacial score (nSPS) is 26.1. The van der Waals surface area contributed by atoms with Gasteiger partial charge in [0.1, 0.15) is 0 Å². The summed E-state index contributed by atoms with van der Waals surface area (Å²) in [4.78, 5) is 21.2. The number of carboxylic acids is 2. The maximum absolute atomic E-state index is 10.7. The third-order valence-electron chi connectivity index (χ3n) is 1.78. The van der Waals surface area contributed by atoms with E-state index in [9.17, 15) is 9.59 Å². The van der Waals surface area contributed by atoms with Crippen molar-refractivity contribution in [2.45, 2.75) is 12.5 Å². The maximum Gasteiger partial charge on any atom is 0.335 e. The van der Waals surface area contributed by atoms with Crippen LogP contribution in [0.5, 0.6) is 0 Å². The Balaban J connectivity index is 3.02. The van der Waals surface area contributed by atoms with Crippen molar-refractivity contribution in [3.05, 3.63) is 23.9 Å². The van der Waals surface area contributed by atoms with E-state index in [0.29, 0.717) is 0 Å². The molecular weight excluding hydrogens is 174 g/mol. The summed E-state index contributed by atoms with van der Waals surface area (Å²) in [5, 5.41) is 19.9. The highest BCUT2D eigenvalue weighted by atomic mass is 16.4. The van der Waals surface area contributed by atoms with Crippen molar-refractivity contribution >= 4 is 11.9 Å². The molecule has 1 aliphatic heterocycles. The minimum Gasteiger partial charge on any atom is -0.479 e. The molecule has 0 amide bonds. The quantitative estimate of drug-likeness (QED) is 0.559. The smallest absolute Gasteiger partial charge is 0.335 e. The SMILES string of the molecule is CC1(C(=O)O)C=C(C(=O)O)C=CN1. The van der Waals surface area contributed by atoms with E-state index in [2.05, 4.69) is 5.32 Å². The van der Waals surface area contributed by atoms with Gasteiger partial charge in [-0.25, -0.2) is 9.59 Å². The molecule has 0 saturated carbocycles. The molecule has 1 atom stereocenters. The monoisotopic (exact) mass is 183 g/mol. The molecule has 3 N–H and O–H groups in total. The van der Waals surface area contributed by atoms with E-state index < -0.39 is 17.5 Å². The van der Waals surface area contributed by atoms with E-state index in [0.717, 1.165) is 6.08 Å². The van der Waals surface area contributed by atoms with Crippen LogP contribution in [-0.4, -0.2) is 27.7 Å². The number of hydrogen-bond acceptors (Lipinski definition) is 3. The minimum atomic E-state index is -1.33. The predicted molar refractivity (Wildman–Crippen MR) is 44.0 cm³/mol. The highest BCUT2D eigenvalue weighted by Crippen LogP contribution is 2.15. The van der Waals surface area contributed by atoms with Crippen LogP contribution in [0.25, 0.3) is 0 Å². The second kappa shape index (κ2) is 2.93. The summed E-state index contributed by atoms with van der Waals surface area (Å²) in [6, 6.07) is 0. The molecule has 0 fully saturated rings. The molecule has 1 aliphatic rings. The van der Waals surface area contributed by atoms with E-state index in [4.69, 9.17) is 10.2 Å². The van der Waals surface area contributed by atoms with Crippen LogP contribution in [0.3, 0.4) is 0 Å². The fourth-order valence-corrected chi connectivity index (χ4v) is 0.962. The van der Waals surface area contributed by atoms with Crippen molar-refractivity contribution in [3.63, 3.8) is 0 Å². The molecule has 1 unspecified atom stereocenters. The zero-order chi connectivity index (χ0) is 10.1. The summed E-state index contributed by atoms with van der Waals surface area (Å²) in [5.74, 6) is -2.25. The lowest BCUT2D eigenvalue weighted by molar-refractivity contribution is -0.141. The molecular formula is C8H9NO4. The molecule has 13 heavy (non-hydrogen) atoms. The second-order valence-electron chi connectivity index (χ2n) is 2.89. The Kier molecular flexibility index (Phi) is 2.10. The summed E-state index contributed by atoms with van der Waals surface area (Å²) in [5.41, 5.74) is -1.36. The van der Waals surface area contributed by atoms with Crippen LogP contribution in [-0.2, 0) is 9.59 Å². The summed E-state index contributed by atoms with van der Waals surface area (Å²) in [6.45, 7) is 1.39. The summed E-state index contributed by atoms with van der Waals surface area (Å²) in [7, 11) is 0. The average Bonchev–Trinajstić information content (AvgIpc) is 2.04. The van der Waals surface area contributed by atoms with Crippen molar-refractivity contribution in [2.75, 3.05) is 0 Å². The van der Waals surface area contributed by atoms with Crippen molar-refractivity contribution in [1.29, 1.82) is 0 Å². The van der Waals surface area contributed by atoms with Crippen LogP contribution >= 0.6 is 0 Å². The van der Waals surface area contributed by atoms with Gasteiger partial charge in [-0.05, 0) is 25.3 Å². The number of aliphatic carboxylic acids is 2. The summed E-state index contributed by atoms with van der Waals surface area (Å²) < 4.78 is 0. The molecule has 0 aliphatic carbocycles. The Labute approximate surface area is 74.4 Å². The van der Waals surface area contributed by atoms with Crippen LogP contribution in [0.1, 0.15) is 6.92 Å². The first-order valence-corrected chi connectivity index (χ1v) is 3.59. The van der Waals surface area contributed by atoms with Crippen LogP contribution in [0, 0.1) is 0 Å². The van der Waals surface area contributed by atoms with Gasteiger partial charge in [-0.15, -0.1) is 0 Å². The van der Waals surface area contributed by atoms with E-state index >= 15 is 0 Å². The maximum atomic E-state index is 10.7. The molecule has 1 heterocycles. The molecule has 70 valence electrons. The molecule has 0 saturated heterocycles. The lowest BCUT2D eigenvalue weighted by Crippen LogP contribution is -2.46. The molecule has 5 nitrogen and oxygen atoms in total. The standard InChI is InChI=1S/C8H9NO4/c1-8(7(12)13)4-5(6(10)11)2-3-9-8/h2-4,9H,1H3,(H,10,11)(H,12,13). The van der Waals surface area contributed by atoms with Gasteiger partial charge < -0.3 is 15.5 Å². The molecule has 0 aromatic rings. The average molecular weight is 183 g/mol. The van der Waals surface area contributed by atoms with Gasteiger partial charge in [0.15, 0.2) is 5.54 Å². The predicted octanol–water partition coefficient (Wildman–Crippen LogP) is -0.0424. The first-order chi connectivity index (χ1) is 5.96. The molecule has 5 heteroatoms. The first kappa shape index (κ1) is 9.31. The number of nitrogens with one attached hydrogen (secondary N) is 1. The minimum absolute atomic E-state index is 0.0244. The third-order valence-corrected chi connectivity index (χ3v) is 1.78. The van der Waals surface area contributed by atoms with Gasteiger partial charge >= 0.3 is 11.9 Å². The largest absolute Gasteiger partial charge is 0.479 e. The molecule has 0 spiro atoms. The van der Waals surface area contributed by atoms with Gasteiger partial charge in [0.2, 0.25) is 0 Å². The van der Waals surface area contributed by atoms with Crippen LogP contribution in [0.2, 0.25) is 0 Å². The Hall–Kier alpha value is -1.78. The Morgan fingerprint density at radius 1 is 1.46 bits per heavy atom. The number of carboxylic acid groups (broad SMARTS) is 2. The van der Waals surface area contributed by atoms with E-state index in [1.165, 1.54) is 19.2 Å². The van der Waals surface area contributed by atoms with Crippen molar-refractivity contribution < 1.29 is 19.8 Å². The molecule has 0 bridgehead atoms. The van der Waals surface area contributed by atoms with Crippen LogP contribution < -0.4 is 5.32 Å². The Morgan fingerprint density at radius 3 is 2.54 bits per heavy atom. The van der Waals surface area contributed by atoms with Crippen LogP contribution in [0.4, 0.5) is 0 Å². The van der Waals surface area contributed by atoms with Gasteiger partial charge in [-0.3, -0.25) is 0 Å². The van der Waals surface area contributed by atoms with Gasteiger partial charge in [0.25, 0.3) is 0 Å². The fraction of sp³-hybridized carbons (Fsp3) is 0.250. The summed E-state index contributed by atoms with van der Waals surface area (Å²) >= 11 is 0. The zero-order valence-corrected chi connectivity index (χ0v) is 6.94. The Morgan fingerprint density at radius 2 is 2.08 bits per heavy atom. The molecule has 1 rings (SSSR count). The van der Waals surface area contributed by atoms with Gasteiger partial charge in [0.05, 0.1) is 5.57 Å². The molecule has 0 radical (unpaired) electrons. The molecule has 0 aromatic carbocycles. The number of dihydropyridines is 1. The van der Waals surface area contributed by atoms with E-state index in [1.807, 2.05) is 0 Å². The fourth-order valence-electron chi connectivity index (χ4n) is 0.962. The highest BCUT2D eigenvalue weighted by Gasteiger charge is 2.32. The first-order valence-electron chi connectivity index (χ1n) is 3.59. The molecule has 0 aromatic heterocycles. The number of rotatable bonds is 2. The Bertz CT molecular complexity index is 318. The summed E-state index contributed by atoms with van der Waals surface area (Å²) in [6.07, 6.45) is 3.79. The van der Waals surface area contributed by atoms with Crippen molar-refractivity contribution in [2.24, 2.45) is 0 Å². The van der Waals surface area contributed by atoms with Crippen molar-refractivity contribution in [3.8, 4) is 0 Å². The van der Waals surface area contributed by atoms with E-state index in [1.54, 1.807) is 0 Å². The van der Waals surface area contributed by atoms with E-state index in [-0.39, 0.29) is 5.57 Å². The van der Waals surface area contributed by atoms with Crippen molar-refractivity contribution in [1.82, 2.24) is 5.32 Å². The highest BCUT2D eigenvalue weighted by molar-refractivity contribution is 5.93. The lowest BCUT2D eigenvalue weighted by Gasteiger charge is -2.24. The lowest BCUT2D eigenvalue weighted by atomic mass is 9.96. The number of carbonyl (C=O) groups is 2. The van der Waals surface area contributed by atoms with Crippen LogP contribution in [0.15, 0.2) is 23.9 Å². The second-order valence-corrected chi connectivity index (χ2v) is 2.89. The topological polar surface area (TPSA) is 86.6 Å². The number of hydrogen-bond donors (Lipinski definition) is 3. The van der Waals surface area contributed by atoms with Gasteiger partial charge in [-0.2, -0.15) is 0 Å².